The first-order valence-corrected chi connectivity index (χ1v) is 6.65. The second-order valence-corrected chi connectivity index (χ2v) is 5.10. The molecule has 0 radical (unpaired) electrons. The molecule has 0 atom stereocenters. The Kier molecular flexibility index (Phi) is 4.16. The Morgan fingerprint density at radius 2 is 2.05 bits per heavy atom. The van der Waals surface area contributed by atoms with Crippen molar-refractivity contribution in [3.63, 3.8) is 0 Å². The first kappa shape index (κ1) is 14.2. The van der Waals surface area contributed by atoms with Crippen molar-refractivity contribution in [1.82, 2.24) is 15.1 Å². The smallest absolute Gasteiger partial charge is 0.229 e. The molecule has 0 aromatic carbocycles. The summed E-state index contributed by atoms with van der Waals surface area (Å²) in [5.41, 5.74) is 0.935. The molecule has 1 aliphatic rings. The number of rotatable bonds is 5. The first-order chi connectivity index (χ1) is 9.47. The number of carbonyl (C=O) groups is 3. The van der Waals surface area contributed by atoms with Crippen molar-refractivity contribution in [2.24, 2.45) is 0 Å². The maximum Gasteiger partial charge on any atom is 0.229 e. The van der Waals surface area contributed by atoms with Crippen molar-refractivity contribution in [3.05, 3.63) is 11.8 Å². The predicted molar refractivity (Wildman–Crippen MR) is 71.9 cm³/mol. The molecule has 0 unspecified atom stereocenters. The molecule has 1 aromatic heterocycles. The third kappa shape index (κ3) is 3.23. The zero-order valence-corrected chi connectivity index (χ0v) is 11.6. The molecule has 2 rings (SSSR count). The molecule has 0 bridgehead atoms. The molecule has 0 spiro atoms. The molecular weight excluding hydrogens is 260 g/mol. The van der Waals surface area contributed by atoms with Gasteiger partial charge in [0.25, 0.3) is 0 Å². The molecule has 108 valence electrons. The largest absolute Gasteiger partial charge is 0.309 e. The van der Waals surface area contributed by atoms with Gasteiger partial charge >= 0.3 is 0 Å². The van der Waals surface area contributed by atoms with Gasteiger partial charge < -0.3 is 5.32 Å². The molecular formula is C13H18N4O3. The number of hydrogen-bond donors (Lipinski definition) is 2. The van der Waals surface area contributed by atoms with Crippen LogP contribution in [0.15, 0.2) is 6.07 Å². The molecule has 7 nitrogen and oxygen atoms in total. The molecule has 3 amide bonds. The van der Waals surface area contributed by atoms with Gasteiger partial charge in [0.15, 0.2) is 5.82 Å². The summed E-state index contributed by atoms with van der Waals surface area (Å²) in [6, 6.07) is 1.77. The van der Waals surface area contributed by atoms with Crippen molar-refractivity contribution >= 4 is 23.5 Å². The molecule has 20 heavy (non-hydrogen) atoms. The second-order valence-electron chi connectivity index (χ2n) is 5.10. The molecule has 1 saturated heterocycles. The molecule has 7 heteroatoms. The number of nitrogens with one attached hydrogen (secondary N) is 2. The van der Waals surface area contributed by atoms with Crippen LogP contribution in [0.5, 0.6) is 0 Å². The summed E-state index contributed by atoms with van der Waals surface area (Å²) < 4.78 is 0. The lowest BCUT2D eigenvalue weighted by atomic mass is 10.1. The van der Waals surface area contributed by atoms with Crippen molar-refractivity contribution in [3.8, 4) is 0 Å². The fraction of sp³-hybridized carbons (Fsp3) is 0.538. The van der Waals surface area contributed by atoms with E-state index >= 15 is 0 Å². The topological polar surface area (TPSA) is 95.2 Å². The van der Waals surface area contributed by atoms with E-state index in [0.717, 1.165) is 10.6 Å². The quantitative estimate of drug-likeness (QED) is 0.786. The lowest BCUT2D eigenvalue weighted by Gasteiger charge is -2.12. The highest BCUT2D eigenvalue weighted by molar-refractivity contribution is 6.02. The first-order valence-electron chi connectivity index (χ1n) is 6.65. The highest BCUT2D eigenvalue weighted by Crippen LogP contribution is 2.15. The summed E-state index contributed by atoms with van der Waals surface area (Å²) >= 11 is 0. The lowest BCUT2D eigenvalue weighted by Crippen LogP contribution is -2.32. The maximum absolute atomic E-state index is 11.7. The Balaban J connectivity index is 1.83. The number of imide groups is 1. The third-order valence-electron chi connectivity index (χ3n) is 3.20. The standard InChI is InChI=1S/C13H18N4O3/c1-8(2)9-7-10(16-15-9)14-11(18)5-6-17-12(19)3-4-13(17)20/h7-8H,3-6H2,1-2H3,(H2,14,15,16,18). The van der Waals surface area contributed by atoms with Gasteiger partial charge in [0.05, 0.1) is 0 Å². The van der Waals surface area contributed by atoms with E-state index in [4.69, 9.17) is 0 Å². The van der Waals surface area contributed by atoms with E-state index in [1.54, 1.807) is 6.07 Å². The Bertz CT molecular complexity index is 519. The minimum absolute atomic E-state index is 0.0847. The normalized spacial score (nSPS) is 15.2. The number of anilines is 1. The number of carbonyl (C=O) groups excluding carboxylic acids is 3. The van der Waals surface area contributed by atoms with Crippen LogP contribution in [0, 0.1) is 0 Å². The van der Waals surface area contributed by atoms with Crippen molar-refractivity contribution in [1.29, 1.82) is 0 Å². The van der Waals surface area contributed by atoms with Gasteiger partial charge in [-0.05, 0) is 5.92 Å². The fourth-order valence-corrected chi connectivity index (χ4v) is 1.99. The average molecular weight is 278 g/mol. The van der Waals surface area contributed by atoms with Gasteiger partial charge in [0, 0.05) is 37.6 Å². The van der Waals surface area contributed by atoms with Crippen LogP contribution < -0.4 is 5.32 Å². The van der Waals surface area contributed by atoms with Gasteiger partial charge in [-0.1, -0.05) is 13.8 Å². The Labute approximate surface area is 116 Å². The number of aromatic amines is 1. The minimum atomic E-state index is -0.265. The van der Waals surface area contributed by atoms with Crippen molar-refractivity contribution in [2.45, 2.75) is 39.0 Å². The molecule has 2 heterocycles. The van der Waals surface area contributed by atoms with Crippen LogP contribution in [-0.2, 0) is 14.4 Å². The molecule has 0 aliphatic carbocycles. The molecule has 0 saturated carbocycles. The van der Waals surface area contributed by atoms with E-state index < -0.39 is 0 Å². The maximum atomic E-state index is 11.7. The monoisotopic (exact) mass is 278 g/mol. The minimum Gasteiger partial charge on any atom is -0.309 e. The average Bonchev–Trinajstić information content (AvgIpc) is 2.96. The second kappa shape index (κ2) is 5.85. The number of hydrogen-bond acceptors (Lipinski definition) is 4. The van der Waals surface area contributed by atoms with Gasteiger partial charge in [-0.25, -0.2) is 0 Å². The summed E-state index contributed by atoms with van der Waals surface area (Å²) in [7, 11) is 0. The van der Waals surface area contributed by atoms with E-state index in [-0.39, 0.29) is 43.5 Å². The summed E-state index contributed by atoms with van der Waals surface area (Å²) in [4.78, 5) is 35.7. The van der Waals surface area contributed by atoms with Crippen LogP contribution >= 0.6 is 0 Å². The fourth-order valence-electron chi connectivity index (χ4n) is 1.99. The number of H-pyrrole nitrogens is 1. The molecule has 1 fully saturated rings. The summed E-state index contributed by atoms with van der Waals surface area (Å²) in [6.45, 7) is 4.17. The summed E-state index contributed by atoms with van der Waals surface area (Å²) in [6.07, 6.45) is 0.580. The number of aromatic nitrogens is 2. The Morgan fingerprint density at radius 3 is 2.60 bits per heavy atom. The zero-order valence-electron chi connectivity index (χ0n) is 11.6. The van der Waals surface area contributed by atoms with E-state index in [2.05, 4.69) is 15.5 Å². The van der Waals surface area contributed by atoms with Crippen LogP contribution in [0.2, 0.25) is 0 Å². The van der Waals surface area contributed by atoms with Crippen LogP contribution in [0.25, 0.3) is 0 Å². The van der Waals surface area contributed by atoms with Gasteiger partial charge in [0.1, 0.15) is 0 Å². The van der Waals surface area contributed by atoms with E-state index in [1.165, 1.54) is 0 Å². The number of amides is 3. The van der Waals surface area contributed by atoms with E-state index in [0.29, 0.717) is 11.7 Å². The highest BCUT2D eigenvalue weighted by atomic mass is 16.2. The van der Waals surface area contributed by atoms with Crippen LogP contribution in [0.4, 0.5) is 5.82 Å². The Morgan fingerprint density at radius 1 is 1.40 bits per heavy atom. The van der Waals surface area contributed by atoms with Crippen molar-refractivity contribution < 1.29 is 14.4 Å². The zero-order chi connectivity index (χ0) is 14.7. The van der Waals surface area contributed by atoms with Gasteiger partial charge in [0.2, 0.25) is 17.7 Å². The van der Waals surface area contributed by atoms with Gasteiger partial charge in [-0.3, -0.25) is 24.4 Å². The van der Waals surface area contributed by atoms with E-state index in [9.17, 15) is 14.4 Å². The molecule has 1 aromatic rings. The molecule has 1 aliphatic heterocycles. The van der Waals surface area contributed by atoms with Crippen molar-refractivity contribution in [2.75, 3.05) is 11.9 Å². The van der Waals surface area contributed by atoms with Crippen LogP contribution in [-0.4, -0.2) is 39.4 Å². The Hall–Kier alpha value is -2.18. The van der Waals surface area contributed by atoms with Gasteiger partial charge in [-0.15, -0.1) is 0 Å². The number of nitrogens with zero attached hydrogens (tertiary/aromatic N) is 2. The number of likely N-dealkylation sites (tertiary alicyclic amines) is 1. The molecule has 2 N–H and O–H groups in total. The lowest BCUT2D eigenvalue weighted by molar-refractivity contribution is -0.138. The summed E-state index contributed by atoms with van der Waals surface area (Å²) in [5.74, 6) is 0.0828. The van der Waals surface area contributed by atoms with Crippen LogP contribution in [0.3, 0.4) is 0 Å². The van der Waals surface area contributed by atoms with Gasteiger partial charge in [-0.2, -0.15) is 5.10 Å². The highest BCUT2D eigenvalue weighted by Gasteiger charge is 2.28. The third-order valence-corrected chi connectivity index (χ3v) is 3.20. The van der Waals surface area contributed by atoms with Crippen LogP contribution in [0.1, 0.15) is 44.7 Å². The SMILES string of the molecule is CC(C)c1cc(NC(=O)CCN2C(=O)CCC2=O)n[nH]1. The van der Waals surface area contributed by atoms with E-state index in [1.807, 2.05) is 13.8 Å². The summed E-state index contributed by atoms with van der Waals surface area (Å²) in [5, 5.41) is 9.46. The predicted octanol–water partition coefficient (Wildman–Crippen LogP) is 1.01.